The van der Waals surface area contributed by atoms with E-state index in [0.29, 0.717) is 23.5 Å². The van der Waals surface area contributed by atoms with Crippen molar-refractivity contribution in [3.05, 3.63) is 0 Å². The zero-order chi connectivity index (χ0) is 23.3. The second kappa shape index (κ2) is 8.41. The summed E-state index contributed by atoms with van der Waals surface area (Å²) in [6, 6.07) is 0. The largest absolute Gasteiger partial charge is 0.480 e. The zero-order valence-corrected chi connectivity index (χ0v) is 20.2. The topological polar surface area (TPSA) is 92.7 Å². The van der Waals surface area contributed by atoms with E-state index in [2.05, 4.69) is 26.1 Å². The Hall–Kier alpha value is -1.43. The van der Waals surface area contributed by atoms with Crippen molar-refractivity contribution in [2.45, 2.75) is 91.1 Å². The number of rotatable bonds is 6. The molecular formula is C26H41NO5. The van der Waals surface area contributed by atoms with Gasteiger partial charge in [0, 0.05) is 5.92 Å². The number of ether oxygens (including phenoxy) is 1. The normalized spacial score (nSPS) is 45.3. The van der Waals surface area contributed by atoms with Gasteiger partial charge < -0.3 is 9.84 Å². The van der Waals surface area contributed by atoms with E-state index in [9.17, 15) is 14.4 Å². The van der Waals surface area contributed by atoms with E-state index in [-0.39, 0.29) is 35.8 Å². The van der Waals surface area contributed by atoms with Crippen LogP contribution in [0.4, 0.5) is 0 Å². The molecule has 0 unspecified atom stereocenters. The molecule has 4 saturated carbocycles. The number of ketones is 1. The number of esters is 1. The van der Waals surface area contributed by atoms with Crippen LogP contribution in [0.3, 0.4) is 0 Å². The van der Waals surface area contributed by atoms with E-state index in [1.54, 1.807) is 6.92 Å². The van der Waals surface area contributed by atoms with Gasteiger partial charge in [-0.1, -0.05) is 13.8 Å². The van der Waals surface area contributed by atoms with Gasteiger partial charge in [-0.05, 0) is 106 Å². The number of hydrogen-bond acceptors (Lipinski definition) is 5. The Kier molecular flexibility index (Phi) is 6.23. The fourth-order valence-electron chi connectivity index (χ4n) is 8.76. The summed E-state index contributed by atoms with van der Waals surface area (Å²) in [7, 11) is 0. The van der Waals surface area contributed by atoms with E-state index >= 15 is 0 Å². The Morgan fingerprint density at radius 1 is 0.906 bits per heavy atom. The molecule has 0 heterocycles. The number of fused-ring (bicyclic) bond motifs is 5. The molecule has 4 aliphatic carbocycles. The van der Waals surface area contributed by atoms with Crippen LogP contribution in [0.5, 0.6) is 0 Å². The fourth-order valence-corrected chi connectivity index (χ4v) is 8.76. The summed E-state index contributed by atoms with van der Waals surface area (Å²) in [4.78, 5) is 35.3. The van der Waals surface area contributed by atoms with Gasteiger partial charge >= 0.3 is 11.9 Å². The van der Waals surface area contributed by atoms with Crippen LogP contribution in [0, 0.1) is 40.4 Å². The van der Waals surface area contributed by atoms with Gasteiger partial charge in [0.25, 0.3) is 0 Å². The molecule has 4 fully saturated rings. The van der Waals surface area contributed by atoms with Crippen molar-refractivity contribution < 1.29 is 24.2 Å². The predicted octanol–water partition coefficient (Wildman–Crippen LogP) is 4.21. The first kappa shape index (κ1) is 23.7. The van der Waals surface area contributed by atoms with E-state index in [1.165, 1.54) is 32.1 Å². The van der Waals surface area contributed by atoms with E-state index in [0.717, 1.165) is 31.6 Å². The van der Waals surface area contributed by atoms with Gasteiger partial charge in [0.2, 0.25) is 0 Å². The molecule has 180 valence electrons. The Bertz CT molecular complexity index is 782. The third-order valence-electron chi connectivity index (χ3n) is 10.3. The SMILES string of the molecule is CC(=O)[C@H]1CC[C@H]2[C@@H]3CC[C@H]4C[C@](C)(OC(=O)CNCC(=O)O)CC[C@]4(C)[C@H]3CC[C@]12C. The standard InChI is InChI=1S/C26H41NO5/c1-16(28)19-7-8-20-18-6-5-17-13-24(2,32-23(31)15-27-14-22(29)30)11-12-25(17,3)21(18)9-10-26(19,20)4/h17-21,27H,5-15H2,1-4H3,(H,29,30)/t17-,18-,19+,20-,21-,24+,25-,26+/m0/s1. The molecule has 0 spiro atoms. The highest BCUT2D eigenvalue weighted by molar-refractivity contribution is 5.79. The first-order valence-corrected chi connectivity index (χ1v) is 12.6. The molecule has 0 amide bonds. The average Bonchev–Trinajstić information content (AvgIpc) is 3.05. The third kappa shape index (κ3) is 4.01. The van der Waals surface area contributed by atoms with Crippen molar-refractivity contribution in [1.82, 2.24) is 5.32 Å². The molecule has 6 nitrogen and oxygen atoms in total. The van der Waals surface area contributed by atoms with Crippen molar-refractivity contribution in [3.8, 4) is 0 Å². The monoisotopic (exact) mass is 447 g/mol. The summed E-state index contributed by atoms with van der Waals surface area (Å²) < 4.78 is 5.88. The van der Waals surface area contributed by atoms with Gasteiger partial charge in [-0.25, -0.2) is 0 Å². The van der Waals surface area contributed by atoms with Crippen LogP contribution in [-0.2, 0) is 19.1 Å². The highest BCUT2D eigenvalue weighted by atomic mass is 16.6. The van der Waals surface area contributed by atoms with E-state index in [4.69, 9.17) is 9.84 Å². The molecule has 0 radical (unpaired) electrons. The molecule has 0 saturated heterocycles. The average molecular weight is 448 g/mol. The molecule has 8 atom stereocenters. The molecule has 0 aromatic carbocycles. The minimum Gasteiger partial charge on any atom is -0.480 e. The highest BCUT2D eigenvalue weighted by Gasteiger charge is 2.61. The number of Topliss-reactive ketones (excluding diaryl/α,β-unsaturated/α-hetero) is 1. The summed E-state index contributed by atoms with van der Waals surface area (Å²) in [5.74, 6) is 1.98. The third-order valence-corrected chi connectivity index (χ3v) is 10.3. The molecule has 4 aliphatic rings. The summed E-state index contributed by atoms with van der Waals surface area (Å²) in [6.07, 6.45) is 9.94. The van der Waals surface area contributed by atoms with Crippen molar-refractivity contribution in [3.63, 3.8) is 0 Å². The molecule has 0 aromatic rings. The molecule has 6 heteroatoms. The maximum Gasteiger partial charge on any atom is 0.320 e. The van der Waals surface area contributed by atoms with Gasteiger partial charge in [0.15, 0.2) is 0 Å². The molecule has 4 rings (SSSR count). The lowest BCUT2D eigenvalue weighted by atomic mass is 9.44. The predicted molar refractivity (Wildman–Crippen MR) is 121 cm³/mol. The Labute approximate surface area is 192 Å². The number of aliphatic carboxylic acids is 1. The fraction of sp³-hybridized carbons (Fsp3) is 0.885. The maximum atomic E-state index is 12.3. The van der Waals surface area contributed by atoms with Crippen molar-refractivity contribution >= 4 is 17.7 Å². The van der Waals surface area contributed by atoms with Gasteiger partial charge in [0.05, 0.1) is 13.1 Å². The molecule has 0 bridgehead atoms. The maximum absolute atomic E-state index is 12.3. The van der Waals surface area contributed by atoms with E-state index < -0.39 is 11.6 Å². The summed E-state index contributed by atoms with van der Waals surface area (Å²) in [5.41, 5.74) is 0.0131. The lowest BCUT2D eigenvalue weighted by Gasteiger charge is -2.62. The number of carboxylic acids is 1. The second-order valence-electron chi connectivity index (χ2n) is 12.1. The van der Waals surface area contributed by atoms with Crippen LogP contribution in [-0.4, -0.2) is 41.5 Å². The van der Waals surface area contributed by atoms with Crippen molar-refractivity contribution in [2.24, 2.45) is 40.4 Å². The Morgan fingerprint density at radius 2 is 1.62 bits per heavy atom. The first-order chi connectivity index (χ1) is 15.0. The molecule has 32 heavy (non-hydrogen) atoms. The number of hydrogen-bond donors (Lipinski definition) is 2. The summed E-state index contributed by atoms with van der Waals surface area (Å²) in [6.45, 7) is 8.44. The summed E-state index contributed by atoms with van der Waals surface area (Å²) >= 11 is 0. The quantitative estimate of drug-likeness (QED) is 0.593. The van der Waals surface area contributed by atoms with Crippen LogP contribution in [0.2, 0.25) is 0 Å². The number of nitrogens with one attached hydrogen (secondary N) is 1. The van der Waals surface area contributed by atoms with Gasteiger partial charge in [-0.15, -0.1) is 0 Å². The van der Waals surface area contributed by atoms with Gasteiger partial charge in [0.1, 0.15) is 11.4 Å². The minimum atomic E-state index is -0.977. The highest BCUT2D eigenvalue weighted by Crippen LogP contribution is 2.68. The molecule has 2 N–H and O–H groups in total. The van der Waals surface area contributed by atoms with Crippen LogP contribution in [0.1, 0.15) is 85.5 Å². The second-order valence-corrected chi connectivity index (χ2v) is 12.1. The van der Waals surface area contributed by atoms with Crippen LogP contribution >= 0.6 is 0 Å². The Morgan fingerprint density at radius 3 is 2.31 bits per heavy atom. The first-order valence-electron chi connectivity index (χ1n) is 12.6. The van der Waals surface area contributed by atoms with Gasteiger partial charge in [-0.3, -0.25) is 19.7 Å². The molecule has 0 aromatic heterocycles. The van der Waals surface area contributed by atoms with Gasteiger partial charge in [-0.2, -0.15) is 0 Å². The molecular weight excluding hydrogens is 406 g/mol. The number of carbonyl (C=O) groups is 3. The van der Waals surface area contributed by atoms with Crippen molar-refractivity contribution in [1.29, 1.82) is 0 Å². The number of carboxylic acid groups (broad SMARTS) is 1. The Balaban J connectivity index is 1.42. The minimum absolute atomic E-state index is 0.0634. The lowest BCUT2D eigenvalue weighted by molar-refractivity contribution is -0.180. The zero-order valence-electron chi connectivity index (χ0n) is 20.2. The number of carbonyl (C=O) groups excluding carboxylic acids is 2. The lowest BCUT2D eigenvalue weighted by Crippen LogP contribution is -2.56. The van der Waals surface area contributed by atoms with Crippen LogP contribution < -0.4 is 5.32 Å². The van der Waals surface area contributed by atoms with E-state index in [1.807, 2.05) is 0 Å². The van der Waals surface area contributed by atoms with Crippen LogP contribution in [0.15, 0.2) is 0 Å². The summed E-state index contributed by atoms with van der Waals surface area (Å²) in [5, 5.41) is 11.4. The smallest absolute Gasteiger partial charge is 0.320 e. The van der Waals surface area contributed by atoms with Crippen molar-refractivity contribution in [2.75, 3.05) is 13.1 Å². The van der Waals surface area contributed by atoms with Crippen LogP contribution in [0.25, 0.3) is 0 Å². The molecule has 0 aliphatic heterocycles.